The second kappa shape index (κ2) is 2.74. The molecule has 0 bridgehead atoms. The van der Waals surface area contributed by atoms with Gasteiger partial charge in [0, 0.05) is 16.5 Å². The molecule has 2 heteroatoms. The normalized spacial score (nSPS) is 27.4. The van der Waals surface area contributed by atoms with E-state index in [2.05, 4.69) is 12.1 Å². The van der Waals surface area contributed by atoms with Crippen LogP contribution in [0.2, 0.25) is 5.02 Å². The van der Waals surface area contributed by atoms with Gasteiger partial charge in [0.05, 0.1) is 0 Å². The third-order valence-corrected chi connectivity index (χ3v) is 4.24. The smallest absolute Gasteiger partial charge is 0.0409 e. The molecule has 2 aliphatic carbocycles. The number of fused-ring (bicyclic) bond motifs is 2. The van der Waals surface area contributed by atoms with E-state index in [9.17, 15) is 0 Å². The highest BCUT2D eigenvalue weighted by Crippen LogP contribution is 2.52. The maximum atomic E-state index is 6.23. The first kappa shape index (κ1) is 8.75. The average Bonchev–Trinajstić information content (AvgIpc) is 2.35. The largest absolute Gasteiger partial charge is 0.327 e. The van der Waals surface area contributed by atoms with Gasteiger partial charge in [-0.05, 0) is 42.5 Å². The molecule has 0 radical (unpaired) electrons. The maximum Gasteiger partial charge on any atom is 0.0409 e. The molecule has 14 heavy (non-hydrogen) atoms. The van der Waals surface area contributed by atoms with Crippen LogP contribution in [-0.4, -0.2) is 6.04 Å². The quantitative estimate of drug-likeness (QED) is 0.696. The van der Waals surface area contributed by atoms with Gasteiger partial charge in [0.15, 0.2) is 0 Å². The molecular formula is C12H14ClN. The van der Waals surface area contributed by atoms with Crippen LogP contribution in [0.25, 0.3) is 0 Å². The van der Waals surface area contributed by atoms with Crippen LogP contribution in [0.5, 0.6) is 0 Å². The molecule has 1 aromatic rings. The summed E-state index contributed by atoms with van der Waals surface area (Å²) in [6.45, 7) is 0. The van der Waals surface area contributed by atoms with Crippen molar-refractivity contribution in [3.8, 4) is 0 Å². The van der Waals surface area contributed by atoms with Crippen LogP contribution in [-0.2, 0) is 11.8 Å². The molecule has 1 fully saturated rings. The minimum Gasteiger partial charge on any atom is -0.327 e. The Labute approximate surface area is 89.3 Å². The first-order valence-corrected chi connectivity index (χ1v) is 5.65. The van der Waals surface area contributed by atoms with Gasteiger partial charge in [0.25, 0.3) is 0 Å². The first-order chi connectivity index (χ1) is 6.72. The van der Waals surface area contributed by atoms with Crippen LogP contribution in [0.15, 0.2) is 18.2 Å². The Hall–Kier alpha value is -0.530. The molecule has 1 spiro atoms. The van der Waals surface area contributed by atoms with Crippen molar-refractivity contribution in [2.75, 3.05) is 0 Å². The van der Waals surface area contributed by atoms with Crippen molar-refractivity contribution < 1.29 is 0 Å². The second-order valence-electron chi connectivity index (χ2n) is 4.62. The molecule has 2 aliphatic rings. The van der Waals surface area contributed by atoms with Crippen LogP contribution in [0, 0.1) is 0 Å². The van der Waals surface area contributed by atoms with E-state index >= 15 is 0 Å². The highest BCUT2D eigenvalue weighted by molar-refractivity contribution is 6.30. The lowest BCUT2D eigenvalue weighted by Gasteiger charge is -2.43. The van der Waals surface area contributed by atoms with Crippen molar-refractivity contribution in [1.82, 2.24) is 0 Å². The van der Waals surface area contributed by atoms with Crippen molar-refractivity contribution in [2.24, 2.45) is 5.73 Å². The Kier molecular flexibility index (Phi) is 1.71. The Morgan fingerprint density at radius 2 is 2.14 bits per heavy atom. The second-order valence-corrected chi connectivity index (χ2v) is 5.06. The summed E-state index contributed by atoms with van der Waals surface area (Å²) in [7, 11) is 0. The maximum absolute atomic E-state index is 6.23. The van der Waals surface area contributed by atoms with Gasteiger partial charge in [-0.25, -0.2) is 0 Å². The standard InChI is InChI=1S/C12H14ClN/c13-9-3-2-8-6-11(14)12(4-1-5-12)10(8)7-9/h2-3,7,11H,1,4-6,14H2. The van der Waals surface area contributed by atoms with E-state index in [1.807, 2.05) is 6.07 Å². The van der Waals surface area contributed by atoms with Crippen LogP contribution in [0.3, 0.4) is 0 Å². The molecule has 1 nitrogen and oxygen atoms in total. The van der Waals surface area contributed by atoms with Gasteiger partial charge in [-0.3, -0.25) is 0 Å². The summed E-state index contributed by atoms with van der Waals surface area (Å²) in [5, 5.41) is 0.851. The van der Waals surface area contributed by atoms with Crippen molar-refractivity contribution in [3.05, 3.63) is 34.3 Å². The summed E-state index contributed by atoms with van der Waals surface area (Å²) in [5.41, 5.74) is 9.38. The monoisotopic (exact) mass is 207 g/mol. The van der Waals surface area contributed by atoms with E-state index in [0.717, 1.165) is 11.4 Å². The van der Waals surface area contributed by atoms with Gasteiger partial charge in [-0.1, -0.05) is 24.1 Å². The lowest BCUT2D eigenvalue weighted by Crippen LogP contribution is -2.47. The molecule has 0 amide bonds. The van der Waals surface area contributed by atoms with Crippen molar-refractivity contribution in [3.63, 3.8) is 0 Å². The minimum atomic E-state index is 0.292. The number of halogens is 1. The van der Waals surface area contributed by atoms with Crippen LogP contribution >= 0.6 is 11.6 Å². The summed E-state index contributed by atoms with van der Waals surface area (Å²) < 4.78 is 0. The zero-order valence-electron chi connectivity index (χ0n) is 8.09. The van der Waals surface area contributed by atoms with E-state index in [0.29, 0.717) is 11.5 Å². The number of hydrogen-bond donors (Lipinski definition) is 1. The molecule has 74 valence electrons. The summed E-state index contributed by atoms with van der Waals surface area (Å²) in [6, 6.07) is 6.57. The molecular weight excluding hydrogens is 194 g/mol. The van der Waals surface area contributed by atoms with E-state index in [-0.39, 0.29) is 0 Å². The lowest BCUT2D eigenvalue weighted by atomic mass is 9.63. The van der Waals surface area contributed by atoms with Gasteiger partial charge in [-0.15, -0.1) is 0 Å². The Morgan fingerprint density at radius 3 is 2.79 bits per heavy atom. The number of rotatable bonds is 0. The topological polar surface area (TPSA) is 26.0 Å². The lowest BCUT2D eigenvalue weighted by molar-refractivity contribution is 0.213. The first-order valence-electron chi connectivity index (χ1n) is 5.27. The molecule has 2 N–H and O–H groups in total. The van der Waals surface area contributed by atoms with Crippen LogP contribution in [0.4, 0.5) is 0 Å². The van der Waals surface area contributed by atoms with E-state index < -0.39 is 0 Å². The Bertz CT molecular complexity index is 382. The zero-order chi connectivity index (χ0) is 9.76. The van der Waals surface area contributed by atoms with Crippen molar-refractivity contribution in [2.45, 2.75) is 37.1 Å². The van der Waals surface area contributed by atoms with Gasteiger partial charge in [0.1, 0.15) is 0 Å². The van der Waals surface area contributed by atoms with E-state index in [4.69, 9.17) is 17.3 Å². The summed E-state index contributed by atoms with van der Waals surface area (Å²) in [4.78, 5) is 0. The number of benzene rings is 1. The van der Waals surface area contributed by atoms with Gasteiger partial charge in [0.2, 0.25) is 0 Å². The fraction of sp³-hybridized carbons (Fsp3) is 0.500. The van der Waals surface area contributed by atoms with Crippen LogP contribution < -0.4 is 5.73 Å². The molecule has 1 saturated carbocycles. The molecule has 3 rings (SSSR count). The predicted molar refractivity (Wildman–Crippen MR) is 58.7 cm³/mol. The third kappa shape index (κ3) is 0.945. The van der Waals surface area contributed by atoms with Gasteiger partial charge in [-0.2, -0.15) is 0 Å². The molecule has 1 atom stereocenters. The molecule has 0 saturated heterocycles. The van der Waals surface area contributed by atoms with Crippen molar-refractivity contribution >= 4 is 11.6 Å². The van der Waals surface area contributed by atoms with E-state index in [1.165, 1.54) is 30.4 Å². The molecule has 1 unspecified atom stereocenters. The highest BCUT2D eigenvalue weighted by atomic mass is 35.5. The fourth-order valence-electron chi connectivity index (χ4n) is 3.02. The average molecular weight is 208 g/mol. The molecule has 1 aromatic carbocycles. The third-order valence-electron chi connectivity index (χ3n) is 4.00. The molecule has 0 aliphatic heterocycles. The Balaban J connectivity index is 2.15. The fourth-order valence-corrected chi connectivity index (χ4v) is 3.19. The highest BCUT2D eigenvalue weighted by Gasteiger charge is 2.48. The van der Waals surface area contributed by atoms with Gasteiger partial charge < -0.3 is 5.73 Å². The summed E-state index contributed by atoms with van der Waals surface area (Å²) >= 11 is 6.04. The number of hydrogen-bond acceptors (Lipinski definition) is 1. The molecule has 0 aromatic heterocycles. The molecule has 0 heterocycles. The number of nitrogens with two attached hydrogens (primary N) is 1. The van der Waals surface area contributed by atoms with Crippen LogP contribution in [0.1, 0.15) is 30.4 Å². The SMILES string of the molecule is NC1Cc2ccc(Cl)cc2C12CCC2. The minimum absolute atomic E-state index is 0.292. The van der Waals surface area contributed by atoms with E-state index in [1.54, 1.807) is 0 Å². The summed E-state index contributed by atoms with van der Waals surface area (Å²) in [6.07, 6.45) is 4.86. The Morgan fingerprint density at radius 1 is 1.36 bits per heavy atom. The van der Waals surface area contributed by atoms with Crippen molar-refractivity contribution in [1.29, 1.82) is 0 Å². The predicted octanol–water partition coefficient (Wildman–Crippen LogP) is 2.65. The zero-order valence-corrected chi connectivity index (χ0v) is 8.85. The summed E-state index contributed by atoms with van der Waals surface area (Å²) in [5.74, 6) is 0. The van der Waals surface area contributed by atoms with Gasteiger partial charge >= 0.3 is 0 Å².